The standard InChI is InChI=1S/C16H19N5O3/c17-15(23)11-4-3-9-21(10-11)14(22)7-6-13-19-16(20-24-13)12-5-1-2-8-18-12/h1-2,5,8,11H,3-4,6-7,9-10H2,(H2,17,23). The number of hydrogen-bond donors (Lipinski definition) is 1. The van der Waals surface area contributed by atoms with E-state index in [1.165, 1.54) is 0 Å². The molecule has 3 rings (SSSR count). The number of aryl methyl sites for hydroxylation is 1. The molecule has 1 aliphatic rings. The molecular formula is C16H19N5O3. The normalized spacial score (nSPS) is 17.7. The van der Waals surface area contributed by atoms with Crippen LogP contribution in [-0.2, 0) is 16.0 Å². The van der Waals surface area contributed by atoms with E-state index in [0.717, 1.165) is 12.8 Å². The van der Waals surface area contributed by atoms with Gasteiger partial charge in [0.05, 0.1) is 5.92 Å². The van der Waals surface area contributed by atoms with Gasteiger partial charge in [-0.2, -0.15) is 4.98 Å². The summed E-state index contributed by atoms with van der Waals surface area (Å²) >= 11 is 0. The number of primary amides is 1. The molecule has 3 heterocycles. The molecule has 126 valence electrons. The van der Waals surface area contributed by atoms with Crippen LogP contribution in [0.15, 0.2) is 28.9 Å². The number of nitrogens with zero attached hydrogens (tertiary/aromatic N) is 4. The number of rotatable bonds is 5. The zero-order valence-electron chi connectivity index (χ0n) is 13.2. The first-order valence-corrected chi connectivity index (χ1v) is 7.94. The van der Waals surface area contributed by atoms with Crippen LogP contribution in [-0.4, -0.2) is 44.9 Å². The summed E-state index contributed by atoms with van der Waals surface area (Å²) in [4.78, 5) is 33.7. The molecule has 8 heteroatoms. The summed E-state index contributed by atoms with van der Waals surface area (Å²) in [7, 11) is 0. The van der Waals surface area contributed by atoms with Crippen LogP contribution >= 0.6 is 0 Å². The molecule has 1 saturated heterocycles. The van der Waals surface area contributed by atoms with Gasteiger partial charge in [0.2, 0.25) is 23.5 Å². The summed E-state index contributed by atoms with van der Waals surface area (Å²) in [6.07, 6.45) is 3.81. The quantitative estimate of drug-likeness (QED) is 0.867. The molecule has 0 saturated carbocycles. The van der Waals surface area contributed by atoms with Gasteiger partial charge in [0.1, 0.15) is 5.69 Å². The van der Waals surface area contributed by atoms with Crippen molar-refractivity contribution in [3.8, 4) is 11.5 Å². The maximum Gasteiger partial charge on any atom is 0.227 e. The fraction of sp³-hybridized carbons (Fsp3) is 0.438. The average Bonchev–Trinajstić information content (AvgIpc) is 3.09. The number of piperidine rings is 1. The van der Waals surface area contributed by atoms with Crippen LogP contribution in [0.1, 0.15) is 25.2 Å². The summed E-state index contributed by atoms with van der Waals surface area (Å²) in [6.45, 7) is 1.06. The van der Waals surface area contributed by atoms with Crippen molar-refractivity contribution in [1.82, 2.24) is 20.0 Å². The SMILES string of the molecule is NC(=O)C1CCCN(C(=O)CCc2nc(-c3ccccn3)no2)C1. The Labute approximate surface area is 139 Å². The number of pyridine rings is 1. The smallest absolute Gasteiger partial charge is 0.227 e. The van der Waals surface area contributed by atoms with Crippen LogP contribution in [0.5, 0.6) is 0 Å². The van der Waals surface area contributed by atoms with Crippen molar-refractivity contribution in [3.05, 3.63) is 30.3 Å². The topological polar surface area (TPSA) is 115 Å². The maximum absolute atomic E-state index is 12.3. The minimum absolute atomic E-state index is 0.0291. The molecule has 1 atom stereocenters. The second-order valence-corrected chi connectivity index (χ2v) is 5.81. The molecule has 1 aliphatic heterocycles. The van der Waals surface area contributed by atoms with E-state index in [9.17, 15) is 9.59 Å². The summed E-state index contributed by atoms with van der Waals surface area (Å²) in [5.74, 6) is 0.182. The zero-order chi connectivity index (χ0) is 16.9. The van der Waals surface area contributed by atoms with E-state index < -0.39 is 0 Å². The third-order valence-electron chi connectivity index (χ3n) is 4.09. The Kier molecular flexibility index (Phi) is 4.83. The molecule has 0 spiro atoms. The first-order chi connectivity index (χ1) is 11.6. The molecule has 2 aromatic heterocycles. The lowest BCUT2D eigenvalue weighted by atomic mass is 9.97. The van der Waals surface area contributed by atoms with Gasteiger partial charge in [0.25, 0.3) is 0 Å². The summed E-state index contributed by atoms with van der Waals surface area (Å²) in [5, 5.41) is 3.88. The van der Waals surface area contributed by atoms with Crippen LogP contribution in [0.2, 0.25) is 0 Å². The van der Waals surface area contributed by atoms with E-state index >= 15 is 0 Å². The summed E-state index contributed by atoms with van der Waals surface area (Å²) in [5.41, 5.74) is 5.96. The fourth-order valence-corrected chi connectivity index (χ4v) is 2.76. The zero-order valence-corrected chi connectivity index (χ0v) is 13.2. The summed E-state index contributed by atoms with van der Waals surface area (Å²) < 4.78 is 5.17. The number of carbonyl (C=O) groups is 2. The Bertz CT molecular complexity index is 716. The molecule has 0 bridgehead atoms. The van der Waals surface area contributed by atoms with Crippen LogP contribution < -0.4 is 5.73 Å². The highest BCUT2D eigenvalue weighted by atomic mass is 16.5. The molecule has 1 fully saturated rings. The molecule has 2 aromatic rings. The summed E-state index contributed by atoms with van der Waals surface area (Å²) in [6, 6.07) is 5.44. The predicted molar refractivity (Wildman–Crippen MR) is 84.3 cm³/mol. The second-order valence-electron chi connectivity index (χ2n) is 5.81. The minimum atomic E-state index is -0.343. The molecule has 0 radical (unpaired) electrons. The number of hydrogen-bond acceptors (Lipinski definition) is 6. The maximum atomic E-state index is 12.3. The third-order valence-corrected chi connectivity index (χ3v) is 4.09. The largest absolute Gasteiger partial charge is 0.369 e. The number of aromatic nitrogens is 3. The van der Waals surface area contributed by atoms with E-state index in [4.69, 9.17) is 10.3 Å². The molecule has 2 amide bonds. The third kappa shape index (κ3) is 3.76. The predicted octanol–water partition coefficient (Wildman–Crippen LogP) is 0.788. The van der Waals surface area contributed by atoms with Crippen LogP contribution in [0.25, 0.3) is 11.5 Å². The van der Waals surface area contributed by atoms with Crippen molar-refractivity contribution in [3.63, 3.8) is 0 Å². The van der Waals surface area contributed by atoms with Crippen molar-refractivity contribution in [2.45, 2.75) is 25.7 Å². The van der Waals surface area contributed by atoms with E-state index in [-0.39, 0.29) is 24.2 Å². The van der Waals surface area contributed by atoms with Gasteiger partial charge in [-0.25, -0.2) is 0 Å². The van der Waals surface area contributed by atoms with Gasteiger partial charge in [-0.05, 0) is 25.0 Å². The lowest BCUT2D eigenvalue weighted by Gasteiger charge is -2.31. The van der Waals surface area contributed by atoms with Crippen molar-refractivity contribution in [1.29, 1.82) is 0 Å². The lowest BCUT2D eigenvalue weighted by molar-refractivity contribution is -0.135. The monoisotopic (exact) mass is 329 g/mol. The number of likely N-dealkylation sites (tertiary alicyclic amines) is 1. The van der Waals surface area contributed by atoms with Gasteiger partial charge in [-0.1, -0.05) is 11.2 Å². The van der Waals surface area contributed by atoms with E-state index in [1.54, 1.807) is 23.2 Å². The van der Waals surface area contributed by atoms with E-state index in [0.29, 0.717) is 36.9 Å². The van der Waals surface area contributed by atoms with E-state index in [1.807, 2.05) is 6.07 Å². The number of amides is 2. The van der Waals surface area contributed by atoms with Gasteiger partial charge >= 0.3 is 0 Å². The Morgan fingerprint density at radius 2 is 2.25 bits per heavy atom. The van der Waals surface area contributed by atoms with Gasteiger partial charge in [-0.3, -0.25) is 14.6 Å². The second kappa shape index (κ2) is 7.20. The Morgan fingerprint density at radius 3 is 3.00 bits per heavy atom. The Hall–Kier alpha value is -2.77. The Morgan fingerprint density at radius 1 is 1.38 bits per heavy atom. The highest BCUT2D eigenvalue weighted by Gasteiger charge is 2.27. The lowest BCUT2D eigenvalue weighted by Crippen LogP contribution is -2.44. The van der Waals surface area contributed by atoms with Crippen molar-refractivity contribution in [2.24, 2.45) is 11.7 Å². The van der Waals surface area contributed by atoms with Crippen molar-refractivity contribution >= 4 is 11.8 Å². The van der Waals surface area contributed by atoms with Crippen molar-refractivity contribution < 1.29 is 14.1 Å². The number of carbonyl (C=O) groups excluding carboxylic acids is 2. The highest BCUT2D eigenvalue weighted by molar-refractivity contribution is 5.80. The molecular weight excluding hydrogens is 310 g/mol. The molecule has 0 aromatic carbocycles. The minimum Gasteiger partial charge on any atom is -0.369 e. The molecule has 24 heavy (non-hydrogen) atoms. The molecule has 1 unspecified atom stereocenters. The van der Waals surface area contributed by atoms with Gasteiger partial charge in [0.15, 0.2) is 0 Å². The van der Waals surface area contributed by atoms with Crippen LogP contribution in [0.4, 0.5) is 0 Å². The molecule has 8 nitrogen and oxygen atoms in total. The van der Waals surface area contributed by atoms with Crippen molar-refractivity contribution in [2.75, 3.05) is 13.1 Å². The average molecular weight is 329 g/mol. The van der Waals surface area contributed by atoms with E-state index in [2.05, 4.69) is 15.1 Å². The highest BCUT2D eigenvalue weighted by Crippen LogP contribution is 2.18. The Balaban J connectivity index is 1.55. The molecule has 0 aliphatic carbocycles. The van der Waals surface area contributed by atoms with Gasteiger partial charge < -0.3 is 15.2 Å². The van der Waals surface area contributed by atoms with Gasteiger partial charge in [-0.15, -0.1) is 0 Å². The molecule has 2 N–H and O–H groups in total. The fourth-order valence-electron chi connectivity index (χ4n) is 2.76. The first-order valence-electron chi connectivity index (χ1n) is 7.94. The first kappa shape index (κ1) is 16.1. The van der Waals surface area contributed by atoms with Crippen LogP contribution in [0, 0.1) is 5.92 Å². The van der Waals surface area contributed by atoms with Gasteiger partial charge in [0, 0.05) is 32.1 Å². The number of nitrogens with two attached hydrogens (primary N) is 1. The van der Waals surface area contributed by atoms with Crippen LogP contribution in [0.3, 0.4) is 0 Å².